The van der Waals surface area contributed by atoms with Crippen molar-refractivity contribution in [1.82, 2.24) is 19.7 Å². The first-order valence-corrected chi connectivity index (χ1v) is 11.2. The molecule has 0 spiro atoms. The fraction of sp³-hybridized carbons (Fsp3) is 0.130. The number of amides is 1. The first-order valence-electron chi connectivity index (χ1n) is 9.86. The zero-order chi connectivity index (χ0) is 23.2. The fourth-order valence-electron chi connectivity index (χ4n) is 3.13. The number of anilines is 1. The van der Waals surface area contributed by atoms with Gasteiger partial charge in [-0.15, -0.1) is 10.2 Å². The number of thioether (sulfide) groups is 1. The first kappa shape index (κ1) is 22.6. The van der Waals surface area contributed by atoms with Gasteiger partial charge in [0.05, 0.1) is 30.7 Å². The Kier molecular flexibility index (Phi) is 7.11. The van der Waals surface area contributed by atoms with Crippen LogP contribution in [-0.4, -0.2) is 45.6 Å². The molecule has 1 N–H and O–H groups in total. The Morgan fingerprint density at radius 3 is 2.55 bits per heavy atom. The molecule has 0 saturated carbocycles. The Morgan fingerprint density at radius 2 is 1.85 bits per heavy atom. The van der Waals surface area contributed by atoms with E-state index in [1.165, 1.54) is 26.0 Å². The predicted molar refractivity (Wildman–Crippen MR) is 128 cm³/mol. The number of carbonyl (C=O) groups is 1. The van der Waals surface area contributed by atoms with Gasteiger partial charge in [-0.1, -0.05) is 41.6 Å². The Labute approximate surface area is 199 Å². The van der Waals surface area contributed by atoms with Gasteiger partial charge >= 0.3 is 0 Å². The van der Waals surface area contributed by atoms with Gasteiger partial charge < -0.3 is 14.8 Å². The van der Waals surface area contributed by atoms with Crippen LogP contribution in [0.3, 0.4) is 0 Å². The van der Waals surface area contributed by atoms with Crippen LogP contribution in [0.4, 0.5) is 5.69 Å². The fourth-order valence-corrected chi connectivity index (χ4v) is 4.11. The molecule has 4 rings (SSSR count). The molecule has 0 fully saturated rings. The minimum Gasteiger partial charge on any atom is -0.495 e. The summed E-state index contributed by atoms with van der Waals surface area (Å²) < 4.78 is 12.5. The van der Waals surface area contributed by atoms with Crippen molar-refractivity contribution in [3.05, 3.63) is 72.0 Å². The van der Waals surface area contributed by atoms with Crippen LogP contribution in [0.5, 0.6) is 11.5 Å². The number of carbonyl (C=O) groups excluding carboxylic acids is 1. The number of benzene rings is 2. The van der Waals surface area contributed by atoms with Crippen LogP contribution in [0.25, 0.3) is 17.1 Å². The third kappa shape index (κ3) is 5.10. The molecule has 0 saturated heterocycles. The highest BCUT2D eigenvalue weighted by atomic mass is 35.5. The van der Waals surface area contributed by atoms with Crippen molar-refractivity contribution >= 4 is 35.0 Å². The third-order valence-corrected chi connectivity index (χ3v) is 5.87. The summed E-state index contributed by atoms with van der Waals surface area (Å²) in [5, 5.41) is 12.5. The summed E-state index contributed by atoms with van der Waals surface area (Å²) in [5.41, 5.74) is 2.17. The average molecular weight is 482 g/mol. The topological polar surface area (TPSA) is 91.2 Å². The first-order chi connectivity index (χ1) is 16.1. The number of nitrogens with one attached hydrogen (secondary N) is 1. The van der Waals surface area contributed by atoms with E-state index in [0.717, 1.165) is 11.3 Å². The molecule has 4 aromatic rings. The molecule has 168 valence electrons. The van der Waals surface area contributed by atoms with Crippen molar-refractivity contribution in [3.63, 3.8) is 0 Å². The summed E-state index contributed by atoms with van der Waals surface area (Å²) in [4.78, 5) is 16.9. The van der Waals surface area contributed by atoms with Gasteiger partial charge in [0.25, 0.3) is 0 Å². The summed E-state index contributed by atoms with van der Waals surface area (Å²) in [6.45, 7) is 0. The standard InChI is InChI=1S/C23H20ClN5O3S/c1-31-19-12-18(20(32-2)11-17(19)24)26-21(30)14-33-23-28-27-22(15-7-6-10-25-13-15)29(23)16-8-4-3-5-9-16/h3-13H,14H2,1-2H3,(H,26,30). The zero-order valence-corrected chi connectivity index (χ0v) is 19.4. The summed E-state index contributed by atoms with van der Waals surface area (Å²) in [6.07, 6.45) is 3.43. The van der Waals surface area contributed by atoms with Crippen molar-refractivity contribution in [1.29, 1.82) is 0 Å². The lowest BCUT2D eigenvalue weighted by Gasteiger charge is -2.13. The summed E-state index contributed by atoms with van der Waals surface area (Å²) >= 11 is 7.41. The van der Waals surface area contributed by atoms with Crippen molar-refractivity contribution in [2.24, 2.45) is 0 Å². The Hall–Kier alpha value is -3.56. The maximum absolute atomic E-state index is 12.7. The van der Waals surface area contributed by atoms with Gasteiger partial charge in [-0.25, -0.2) is 0 Å². The van der Waals surface area contributed by atoms with Crippen molar-refractivity contribution in [3.8, 4) is 28.6 Å². The van der Waals surface area contributed by atoms with Crippen LogP contribution < -0.4 is 14.8 Å². The molecule has 1 amide bonds. The number of aromatic nitrogens is 4. The number of hydrogen-bond acceptors (Lipinski definition) is 7. The quantitative estimate of drug-likeness (QED) is 0.364. The second-order valence-electron chi connectivity index (χ2n) is 6.74. The molecule has 2 aromatic carbocycles. The van der Waals surface area contributed by atoms with E-state index >= 15 is 0 Å². The molecule has 0 radical (unpaired) electrons. The summed E-state index contributed by atoms with van der Waals surface area (Å²) in [5.74, 6) is 1.37. The molecule has 0 aliphatic carbocycles. The van der Waals surface area contributed by atoms with E-state index < -0.39 is 0 Å². The normalized spacial score (nSPS) is 10.6. The minimum absolute atomic E-state index is 0.103. The molecular formula is C23H20ClN5O3S. The second-order valence-corrected chi connectivity index (χ2v) is 8.09. The van der Waals surface area contributed by atoms with Gasteiger partial charge in [-0.05, 0) is 24.3 Å². The highest BCUT2D eigenvalue weighted by Gasteiger charge is 2.18. The number of halogens is 1. The zero-order valence-electron chi connectivity index (χ0n) is 17.9. The SMILES string of the molecule is COc1cc(NC(=O)CSc2nnc(-c3cccnc3)n2-c2ccccc2)c(OC)cc1Cl. The van der Waals surface area contributed by atoms with Gasteiger partial charge in [0.15, 0.2) is 11.0 Å². The van der Waals surface area contributed by atoms with E-state index in [1.807, 2.05) is 47.0 Å². The number of hydrogen-bond donors (Lipinski definition) is 1. The molecule has 0 unspecified atom stereocenters. The van der Waals surface area contributed by atoms with Crippen LogP contribution in [0, 0.1) is 0 Å². The summed E-state index contributed by atoms with van der Waals surface area (Å²) in [6, 6.07) is 16.7. The van der Waals surface area contributed by atoms with Gasteiger partial charge in [0.1, 0.15) is 11.5 Å². The molecule has 33 heavy (non-hydrogen) atoms. The van der Waals surface area contributed by atoms with Crippen LogP contribution in [-0.2, 0) is 4.79 Å². The molecule has 0 bridgehead atoms. The Morgan fingerprint density at radius 1 is 1.06 bits per heavy atom. The summed E-state index contributed by atoms with van der Waals surface area (Å²) in [7, 11) is 3.01. The highest BCUT2D eigenvalue weighted by Crippen LogP contribution is 2.36. The van der Waals surface area contributed by atoms with E-state index in [9.17, 15) is 4.79 Å². The number of pyridine rings is 1. The maximum atomic E-state index is 12.7. The van der Waals surface area contributed by atoms with Crippen LogP contribution in [0.15, 0.2) is 72.1 Å². The van der Waals surface area contributed by atoms with Gasteiger partial charge in [-0.3, -0.25) is 14.3 Å². The Balaban J connectivity index is 1.57. The van der Waals surface area contributed by atoms with Gasteiger partial charge in [0.2, 0.25) is 5.91 Å². The number of methoxy groups -OCH3 is 2. The van der Waals surface area contributed by atoms with Crippen molar-refractivity contribution in [2.75, 3.05) is 25.3 Å². The largest absolute Gasteiger partial charge is 0.495 e. The van der Waals surface area contributed by atoms with Gasteiger partial charge in [-0.2, -0.15) is 0 Å². The molecule has 0 atom stereocenters. The number of para-hydroxylation sites is 1. The monoisotopic (exact) mass is 481 g/mol. The highest BCUT2D eigenvalue weighted by molar-refractivity contribution is 7.99. The Bertz CT molecular complexity index is 1250. The molecule has 10 heteroatoms. The second kappa shape index (κ2) is 10.4. The number of rotatable bonds is 8. The van der Waals surface area contributed by atoms with E-state index in [4.69, 9.17) is 21.1 Å². The molecule has 2 heterocycles. The van der Waals surface area contributed by atoms with Crippen LogP contribution in [0.1, 0.15) is 0 Å². The van der Waals surface area contributed by atoms with E-state index in [1.54, 1.807) is 24.5 Å². The molecule has 2 aromatic heterocycles. The lowest BCUT2D eigenvalue weighted by Crippen LogP contribution is -2.15. The maximum Gasteiger partial charge on any atom is 0.234 e. The predicted octanol–water partition coefficient (Wildman–Crippen LogP) is 4.73. The van der Waals surface area contributed by atoms with Gasteiger partial charge in [0, 0.05) is 35.8 Å². The van der Waals surface area contributed by atoms with Crippen molar-refractivity contribution in [2.45, 2.75) is 5.16 Å². The number of nitrogens with zero attached hydrogens (tertiary/aromatic N) is 4. The van der Waals surface area contributed by atoms with Crippen LogP contribution >= 0.6 is 23.4 Å². The van der Waals surface area contributed by atoms with Crippen LogP contribution in [0.2, 0.25) is 5.02 Å². The van der Waals surface area contributed by atoms with E-state index in [0.29, 0.717) is 33.2 Å². The molecule has 0 aliphatic heterocycles. The molecule has 0 aliphatic rings. The molecule has 8 nitrogen and oxygen atoms in total. The lowest BCUT2D eigenvalue weighted by molar-refractivity contribution is -0.113. The number of ether oxygens (including phenoxy) is 2. The third-order valence-electron chi connectivity index (χ3n) is 4.65. The molecular weight excluding hydrogens is 462 g/mol. The average Bonchev–Trinajstić information content (AvgIpc) is 3.28. The lowest BCUT2D eigenvalue weighted by atomic mass is 10.2. The van der Waals surface area contributed by atoms with Crippen molar-refractivity contribution < 1.29 is 14.3 Å². The minimum atomic E-state index is -0.242. The van der Waals surface area contributed by atoms with E-state index in [-0.39, 0.29) is 11.7 Å². The van der Waals surface area contributed by atoms with E-state index in [2.05, 4.69) is 20.5 Å². The smallest absolute Gasteiger partial charge is 0.234 e.